The fourth-order valence-corrected chi connectivity index (χ4v) is 4.06. The van der Waals surface area contributed by atoms with Crippen LogP contribution in [0.15, 0.2) is 28.7 Å². The summed E-state index contributed by atoms with van der Waals surface area (Å²) in [5.41, 5.74) is 0.327. The molecule has 144 valence electrons. The summed E-state index contributed by atoms with van der Waals surface area (Å²) in [6.45, 7) is 2.45. The van der Waals surface area contributed by atoms with Gasteiger partial charge in [0.15, 0.2) is 12.4 Å². The molecule has 0 aliphatic heterocycles. The Morgan fingerprint density at radius 2 is 1.69 bits per heavy atom. The number of thiol groups is 1. The van der Waals surface area contributed by atoms with Gasteiger partial charge in [-0.3, -0.25) is 14.2 Å². The number of rotatable bonds is 10. The second-order valence-corrected chi connectivity index (χ2v) is 8.20. The molecule has 26 heavy (non-hydrogen) atoms. The highest BCUT2D eigenvalue weighted by Crippen LogP contribution is 2.52. The van der Waals surface area contributed by atoms with Gasteiger partial charge in [-0.15, -0.1) is 0 Å². The molecule has 1 aromatic carbocycles. The van der Waals surface area contributed by atoms with E-state index in [9.17, 15) is 18.9 Å². The number of ether oxygens (including phenoxy) is 1. The van der Waals surface area contributed by atoms with Crippen molar-refractivity contribution in [1.82, 2.24) is 5.32 Å². The van der Waals surface area contributed by atoms with Gasteiger partial charge < -0.3 is 19.1 Å². The number of benzene rings is 1. The minimum absolute atomic E-state index is 0.0265. The molecule has 0 saturated heterocycles. The van der Waals surface area contributed by atoms with Crippen molar-refractivity contribution >= 4 is 53.1 Å². The van der Waals surface area contributed by atoms with E-state index in [4.69, 9.17) is 13.8 Å². The number of carbonyl (C=O) groups is 3. The maximum absolute atomic E-state index is 12.8. The Morgan fingerprint density at radius 3 is 2.15 bits per heavy atom. The lowest BCUT2D eigenvalue weighted by molar-refractivity contribution is -0.142. The van der Waals surface area contributed by atoms with Crippen LogP contribution in [0.25, 0.3) is 0 Å². The third-order valence-corrected chi connectivity index (χ3v) is 5.80. The summed E-state index contributed by atoms with van der Waals surface area (Å²) in [4.78, 5) is 35.6. The van der Waals surface area contributed by atoms with E-state index in [-0.39, 0.29) is 13.2 Å². The third-order valence-electron chi connectivity index (χ3n) is 2.93. The van der Waals surface area contributed by atoms with Gasteiger partial charge in [0.05, 0.1) is 13.2 Å². The fourth-order valence-electron chi connectivity index (χ4n) is 1.86. The molecule has 11 heteroatoms. The molecule has 0 aliphatic carbocycles. The number of hydrogen-bond acceptors (Lipinski definition) is 7. The first kappa shape index (κ1) is 22.9. The molecular weight excluding hydrogens is 449 g/mol. The van der Waals surface area contributed by atoms with E-state index in [2.05, 4.69) is 33.9 Å². The topological polar surface area (TPSA) is 108 Å². The van der Waals surface area contributed by atoms with Crippen LogP contribution in [-0.4, -0.2) is 42.6 Å². The summed E-state index contributed by atoms with van der Waals surface area (Å²) in [6.07, 6.45) is 0. The van der Waals surface area contributed by atoms with Gasteiger partial charge in [-0.05, 0) is 26.0 Å². The minimum Gasteiger partial charge on any atom is -0.455 e. The van der Waals surface area contributed by atoms with Crippen LogP contribution in [0.3, 0.4) is 0 Å². The molecule has 0 saturated carbocycles. The molecule has 0 heterocycles. The Bertz CT molecular complexity index is 688. The lowest BCUT2D eigenvalue weighted by Crippen LogP contribution is -2.41. The molecule has 1 rings (SSSR count). The van der Waals surface area contributed by atoms with Gasteiger partial charge in [-0.2, -0.15) is 0 Å². The maximum Gasteiger partial charge on any atom is 0.364 e. The van der Waals surface area contributed by atoms with Crippen molar-refractivity contribution in [2.75, 3.05) is 19.8 Å². The summed E-state index contributed by atoms with van der Waals surface area (Å²) >= 11 is 6.76. The average molecular weight is 468 g/mol. The third kappa shape index (κ3) is 6.85. The van der Waals surface area contributed by atoms with E-state index in [0.29, 0.717) is 5.56 Å². The molecule has 0 fully saturated rings. The molecule has 1 unspecified atom stereocenters. The van der Waals surface area contributed by atoms with Crippen molar-refractivity contribution in [1.29, 1.82) is 0 Å². The van der Waals surface area contributed by atoms with Crippen LogP contribution < -0.4 is 5.32 Å². The van der Waals surface area contributed by atoms with Crippen molar-refractivity contribution in [2.24, 2.45) is 0 Å². The van der Waals surface area contributed by atoms with Gasteiger partial charge in [0.2, 0.25) is 5.78 Å². The summed E-state index contributed by atoms with van der Waals surface area (Å²) < 4.78 is 28.6. The number of amides is 1. The number of esters is 1. The van der Waals surface area contributed by atoms with E-state index in [1.807, 2.05) is 0 Å². The van der Waals surface area contributed by atoms with Gasteiger partial charge in [0.25, 0.3) is 5.24 Å². The first-order valence-electron chi connectivity index (χ1n) is 7.57. The smallest absolute Gasteiger partial charge is 0.364 e. The van der Waals surface area contributed by atoms with Crippen LogP contribution in [0.1, 0.15) is 24.2 Å². The second kappa shape index (κ2) is 10.8. The molecule has 0 aliphatic rings. The predicted octanol–water partition coefficient (Wildman–Crippen LogP) is 3.41. The molecule has 1 N–H and O–H groups in total. The molecule has 0 bridgehead atoms. The molecular formula is C15H19BrNO7PS. The molecule has 0 aromatic heterocycles. The standard InChI is InChI=1S/C15H19BrNO7PS/c1-3-23-25(21,24-4-2)13(17-15(20)26)14(19)22-9-12(18)10-5-7-11(16)8-6-10/h5-8,13H,3-4,9H2,1-2H3,(H2,17,20,26). The number of ketones is 1. The number of hydrogen-bond donors (Lipinski definition) is 2. The van der Waals surface area contributed by atoms with Crippen molar-refractivity contribution in [3.05, 3.63) is 34.3 Å². The highest BCUT2D eigenvalue weighted by atomic mass is 79.9. The number of halogens is 1. The van der Waals surface area contributed by atoms with Crippen LogP contribution in [0.4, 0.5) is 4.79 Å². The van der Waals surface area contributed by atoms with Gasteiger partial charge in [-0.25, -0.2) is 4.79 Å². The molecule has 0 spiro atoms. The average Bonchev–Trinajstić information content (AvgIpc) is 2.58. The highest BCUT2D eigenvalue weighted by molar-refractivity contribution is 9.10. The van der Waals surface area contributed by atoms with Crippen LogP contribution in [0.5, 0.6) is 0 Å². The normalized spacial score (nSPS) is 12.3. The molecule has 1 aromatic rings. The van der Waals surface area contributed by atoms with Crippen LogP contribution in [-0.2, 0) is 23.1 Å². The lowest BCUT2D eigenvalue weighted by atomic mass is 10.1. The zero-order chi connectivity index (χ0) is 19.7. The SMILES string of the molecule is CCOP(=O)(OCC)C(NC(=O)S)C(=O)OCC(=O)c1ccc(Br)cc1. The van der Waals surface area contributed by atoms with Gasteiger partial charge in [0.1, 0.15) is 0 Å². The van der Waals surface area contributed by atoms with E-state index in [0.717, 1.165) is 4.47 Å². The molecule has 1 atom stereocenters. The van der Waals surface area contributed by atoms with Gasteiger partial charge in [-0.1, -0.05) is 40.7 Å². The summed E-state index contributed by atoms with van der Waals surface area (Å²) in [6, 6.07) is 6.44. The Kier molecular flexibility index (Phi) is 9.52. The van der Waals surface area contributed by atoms with E-state index >= 15 is 0 Å². The highest BCUT2D eigenvalue weighted by Gasteiger charge is 2.43. The van der Waals surface area contributed by atoms with Crippen molar-refractivity contribution in [3.63, 3.8) is 0 Å². The molecule has 0 radical (unpaired) electrons. The van der Waals surface area contributed by atoms with Gasteiger partial charge in [0, 0.05) is 10.0 Å². The first-order valence-corrected chi connectivity index (χ1v) is 10.4. The van der Waals surface area contributed by atoms with E-state index < -0.39 is 37.0 Å². The first-order chi connectivity index (χ1) is 12.2. The van der Waals surface area contributed by atoms with Crippen LogP contribution in [0, 0.1) is 0 Å². The minimum atomic E-state index is -4.05. The summed E-state index contributed by atoms with van der Waals surface area (Å²) in [5, 5.41) is 1.16. The molecule has 8 nitrogen and oxygen atoms in total. The second-order valence-electron chi connectivity index (χ2n) is 4.77. The largest absolute Gasteiger partial charge is 0.455 e. The summed E-state index contributed by atoms with van der Waals surface area (Å²) in [5.74, 6) is -3.32. The lowest BCUT2D eigenvalue weighted by Gasteiger charge is -2.24. The summed E-state index contributed by atoms with van der Waals surface area (Å²) in [7, 11) is -4.05. The monoisotopic (exact) mass is 467 g/mol. The quantitative estimate of drug-likeness (QED) is 0.235. The van der Waals surface area contributed by atoms with Crippen molar-refractivity contribution in [2.45, 2.75) is 19.6 Å². The van der Waals surface area contributed by atoms with Crippen LogP contribution in [0.2, 0.25) is 0 Å². The molecule has 1 amide bonds. The fraction of sp³-hybridized carbons (Fsp3) is 0.400. The Hall–Kier alpha value is -1.19. The predicted molar refractivity (Wildman–Crippen MR) is 102 cm³/mol. The number of nitrogens with one attached hydrogen (secondary N) is 1. The van der Waals surface area contributed by atoms with Crippen molar-refractivity contribution in [3.8, 4) is 0 Å². The Balaban J connectivity index is 2.88. The maximum atomic E-state index is 12.8. The number of Topliss-reactive ketones (excluding diaryl/α,β-unsaturated/α-hetero) is 1. The Labute approximate surface area is 165 Å². The number of carbonyl (C=O) groups excluding carboxylic acids is 3. The Morgan fingerprint density at radius 1 is 1.15 bits per heavy atom. The zero-order valence-electron chi connectivity index (χ0n) is 14.1. The van der Waals surface area contributed by atoms with E-state index in [1.54, 1.807) is 38.1 Å². The van der Waals surface area contributed by atoms with Crippen molar-refractivity contribution < 1.29 is 32.7 Å². The van der Waals surface area contributed by atoms with Gasteiger partial charge >= 0.3 is 13.6 Å². The zero-order valence-corrected chi connectivity index (χ0v) is 17.5. The van der Waals surface area contributed by atoms with E-state index in [1.165, 1.54) is 0 Å². The van der Waals surface area contributed by atoms with Crippen LogP contribution >= 0.6 is 36.2 Å².